The number of aldehydes is 1. The van der Waals surface area contributed by atoms with Gasteiger partial charge in [-0.25, -0.2) is 0 Å². The molecule has 10 atom stereocenters. The number of ketones is 1. The van der Waals surface area contributed by atoms with Gasteiger partial charge in [-0.1, -0.05) is 20.8 Å². The quantitative estimate of drug-likeness (QED) is 0.294. The molecule has 0 aromatic carbocycles. The molecule has 10 unspecified atom stereocenters. The van der Waals surface area contributed by atoms with Gasteiger partial charge in [-0.2, -0.15) is 0 Å². The van der Waals surface area contributed by atoms with Crippen LogP contribution in [0.3, 0.4) is 0 Å². The van der Waals surface area contributed by atoms with E-state index in [4.69, 9.17) is 18.9 Å². The van der Waals surface area contributed by atoms with Gasteiger partial charge in [-0.3, -0.25) is 24.0 Å². The van der Waals surface area contributed by atoms with Crippen molar-refractivity contribution in [2.24, 2.45) is 39.9 Å². The second-order valence-electron chi connectivity index (χ2n) is 12.3. The zero-order valence-corrected chi connectivity index (χ0v) is 23.1. The Morgan fingerprint density at radius 1 is 0.842 bits per heavy atom. The molecule has 10 heteroatoms. The zero-order chi connectivity index (χ0) is 28.4. The molecule has 0 saturated heterocycles. The molecule has 0 N–H and O–H groups in total. The van der Waals surface area contributed by atoms with Crippen molar-refractivity contribution in [2.45, 2.75) is 98.6 Å². The van der Waals surface area contributed by atoms with Gasteiger partial charge in [-0.15, -0.1) is 0 Å². The van der Waals surface area contributed by atoms with Gasteiger partial charge >= 0.3 is 23.9 Å². The Bertz CT molecular complexity index is 1060. The lowest BCUT2D eigenvalue weighted by Crippen LogP contribution is -2.75. The van der Waals surface area contributed by atoms with Crippen LogP contribution in [-0.2, 0) is 47.7 Å². The Hall–Kier alpha value is -2.78. The number of esters is 4. The second-order valence-corrected chi connectivity index (χ2v) is 12.3. The Morgan fingerprint density at radius 3 is 1.92 bits per heavy atom. The molecule has 0 heterocycles. The first-order valence-corrected chi connectivity index (χ1v) is 13.3. The van der Waals surface area contributed by atoms with E-state index in [0.29, 0.717) is 12.8 Å². The summed E-state index contributed by atoms with van der Waals surface area (Å²) in [6.45, 7) is 10.7. The van der Waals surface area contributed by atoms with Crippen LogP contribution >= 0.6 is 0 Å². The number of hydrogen-bond acceptors (Lipinski definition) is 10. The molecule has 4 fully saturated rings. The van der Waals surface area contributed by atoms with Gasteiger partial charge in [0.1, 0.15) is 41.9 Å². The number of rotatable bonds is 5. The summed E-state index contributed by atoms with van der Waals surface area (Å²) in [6, 6.07) is 0. The van der Waals surface area contributed by atoms with E-state index in [0.717, 1.165) is 6.29 Å². The van der Waals surface area contributed by atoms with Crippen molar-refractivity contribution in [3.8, 4) is 0 Å². The summed E-state index contributed by atoms with van der Waals surface area (Å²) >= 11 is 0. The number of Topliss-reactive ketones (excluding diaryl/α,β-unsaturated/α-hetero) is 1. The summed E-state index contributed by atoms with van der Waals surface area (Å²) < 4.78 is 23.4. The molecule has 10 nitrogen and oxygen atoms in total. The number of carbonyl (C=O) groups excluding carboxylic acids is 6. The van der Waals surface area contributed by atoms with Crippen molar-refractivity contribution in [2.75, 3.05) is 0 Å². The van der Waals surface area contributed by atoms with Gasteiger partial charge in [0, 0.05) is 45.4 Å². The van der Waals surface area contributed by atoms with E-state index in [1.54, 1.807) is 6.92 Å². The summed E-state index contributed by atoms with van der Waals surface area (Å²) in [5.74, 6) is -5.40. The third-order valence-electron chi connectivity index (χ3n) is 9.84. The fourth-order valence-electron chi connectivity index (χ4n) is 8.80. The number of carbonyl (C=O) groups is 6. The molecule has 0 aromatic heterocycles. The Morgan fingerprint density at radius 2 is 1.39 bits per heavy atom. The maximum absolute atomic E-state index is 14.4. The van der Waals surface area contributed by atoms with Crippen molar-refractivity contribution in [3.05, 3.63) is 0 Å². The molecule has 1 spiro atoms. The van der Waals surface area contributed by atoms with Crippen LogP contribution < -0.4 is 0 Å². The molecule has 4 saturated carbocycles. The van der Waals surface area contributed by atoms with Gasteiger partial charge in [-0.05, 0) is 37.0 Å². The molecule has 2 bridgehead atoms. The largest absolute Gasteiger partial charge is 0.462 e. The standard InChI is InChI=1S/C28H38O10/c1-13-18-10-19(35-14(2)30)23-27(12-29)20(26(6,7)9-8-21(27)36-15(3)31)11-22(37-16(4)32)28(23,24(13)34)25(18)38-17(5)33/h12-13,18-23,25H,8-11H2,1-7H3. The monoisotopic (exact) mass is 534 g/mol. The molecular formula is C28H38O10. The van der Waals surface area contributed by atoms with Gasteiger partial charge < -0.3 is 23.7 Å². The summed E-state index contributed by atoms with van der Waals surface area (Å²) in [5, 5.41) is 0. The van der Waals surface area contributed by atoms with Crippen LogP contribution in [0.2, 0.25) is 0 Å². The molecular weight excluding hydrogens is 496 g/mol. The third-order valence-corrected chi connectivity index (χ3v) is 9.84. The van der Waals surface area contributed by atoms with E-state index in [2.05, 4.69) is 0 Å². The van der Waals surface area contributed by atoms with Gasteiger partial charge in [0.2, 0.25) is 0 Å². The lowest BCUT2D eigenvalue weighted by atomic mass is 9.38. The highest BCUT2D eigenvalue weighted by molar-refractivity contribution is 5.94. The van der Waals surface area contributed by atoms with Crippen LogP contribution in [0.1, 0.15) is 74.1 Å². The lowest BCUT2D eigenvalue weighted by Gasteiger charge is -2.66. The van der Waals surface area contributed by atoms with Crippen molar-refractivity contribution in [3.63, 3.8) is 0 Å². The topological polar surface area (TPSA) is 139 Å². The van der Waals surface area contributed by atoms with Gasteiger partial charge in [0.05, 0.1) is 5.41 Å². The first kappa shape index (κ1) is 28.2. The van der Waals surface area contributed by atoms with E-state index in [1.807, 2.05) is 13.8 Å². The molecule has 0 radical (unpaired) electrons. The summed E-state index contributed by atoms with van der Waals surface area (Å²) in [4.78, 5) is 77.5. The highest BCUT2D eigenvalue weighted by atomic mass is 16.6. The Labute approximate surface area is 222 Å². The SMILES string of the molecule is CC(=O)OC1CC2C(C)C(=O)C3(C(OC(C)=O)CC4C(C)(C)CCC(OC(C)=O)C4(C=O)C13)C2OC(C)=O. The number of hydrogen-bond donors (Lipinski definition) is 0. The molecule has 210 valence electrons. The summed E-state index contributed by atoms with van der Waals surface area (Å²) in [5.41, 5.74) is -3.62. The molecule has 0 aliphatic heterocycles. The molecule has 0 aromatic rings. The fraction of sp³-hybridized carbons (Fsp3) is 0.786. The van der Waals surface area contributed by atoms with Crippen LogP contribution in [-0.4, -0.2) is 60.4 Å². The smallest absolute Gasteiger partial charge is 0.302 e. The highest BCUT2D eigenvalue weighted by Crippen LogP contribution is 2.72. The van der Waals surface area contributed by atoms with Crippen LogP contribution in [0.5, 0.6) is 0 Å². The summed E-state index contributed by atoms with van der Waals surface area (Å²) in [7, 11) is 0. The average Bonchev–Trinajstić information content (AvgIpc) is 2.91. The van der Waals surface area contributed by atoms with Crippen molar-refractivity contribution >= 4 is 35.9 Å². The van der Waals surface area contributed by atoms with Crippen LogP contribution in [0.15, 0.2) is 0 Å². The van der Waals surface area contributed by atoms with Crippen LogP contribution in [0, 0.1) is 39.9 Å². The average molecular weight is 535 g/mol. The van der Waals surface area contributed by atoms with Crippen molar-refractivity contribution in [1.82, 2.24) is 0 Å². The van der Waals surface area contributed by atoms with E-state index >= 15 is 0 Å². The lowest BCUT2D eigenvalue weighted by molar-refractivity contribution is -0.276. The van der Waals surface area contributed by atoms with Crippen LogP contribution in [0.4, 0.5) is 0 Å². The maximum Gasteiger partial charge on any atom is 0.302 e. The van der Waals surface area contributed by atoms with Gasteiger partial charge in [0.15, 0.2) is 0 Å². The molecule has 4 aliphatic carbocycles. The minimum absolute atomic E-state index is 0.120. The number of fused-ring (bicyclic) bond motifs is 3. The van der Waals surface area contributed by atoms with Crippen molar-refractivity contribution in [1.29, 1.82) is 0 Å². The predicted octanol–water partition coefficient (Wildman–Crippen LogP) is 2.58. The molecule has 38 heavy (non-hydrogen) atoms. The first-order chi connectivity index (χ1) is 17.6. The Kier molecular flexibility index (Phi) is 7.02. The second kappa shape index (κ2) is 9.45. The fourth-order valence-corrected chi connectivity index (χ4v) is 8.80. The Balaban J connectivity index is 2.09. The minimum Gasteiger partial charge on any atom is -0.462 e. The molecule has 0 amide bonds. The maximum atomic E-state index is 14.4. The third kappa shape index (κ3) is 3.88. The molecule has 4 rings (SSSR count). The normalized spacial score (nSPS) is 42.7. The number of ether oxygens (including phenoxy) is 4. The van der Waals surface area contributed by atoms with E-state index < -0.39 is 88.2 Å². The van der Waals surface area contributed by atoms with Crippen molar-refractivity contribution < 1.29 is 47.7 Å². The zero-order valence-electron chi connectivity index (χ0n) is 23.1. The van der Waals surface area contributed by atoms with E-state index in [1.165, 1.54) is 27.7 Å². The predicted molar refractivity (Wildman–Crippen MR) is 130 cm³/mol. The van der Waals surface area contributed by atoms with Gasteiger partial charge in [0.25, 0.3) is 0 Å². The minimum atomic E-state index is -1.66. The first-order valence-electron chi connectivity index (χ1n) is 13.3. The van der Waals surface area contributed by atoms with E-state index in [-0.39, 0.29) is 18.6 Å². The molecule has 4 aliphatic rings. The van der Waals surface area contributed by atoms with Crippen LogP contribution in [0.25, 0.3) is 0 Å². The van der Waals surface area contributed by atoms with E-state index in [9.17, 15) is 28.8 Å². The summed E-state index contributed by atoms with van der Waals surface area (Å²) in [6.07, 6.45) is -1.88. The highest BCUT2D eigenvalue weighted by Gasteiger charge is 2.82.